The van der Waals surface area contributed by atoms with E-state index in [0.717, 1.165) is 41.8 Å². The lowest BCUT2D eigenvalue weighted by atomic mass is 9.65. The van der Waals surface area contributed by atoms with Crippen LogP contribution in [0.1, 0.15) is 107 Å². The minimum atomic E-state index is -0.509. The first-order chi connectivity index (χ1) is 21.0. The molecule has 2 aromatic carbocycles. The molecule has 0 radical (unpaired) electrons. The SMILES string of the molecule is CC1(C)CC2CC(C)(CN2C[C@@H]2C[C@H](c3ccc(CO)cc3)O[C@H](c3ccc(CNC(=O)CCCCC(=O)NO)cc3)O2)C1. The molecule has 240 valence electrons. The highest BCUT2D eigenvalue weighted by Crippen LogP contribution is 2.53. The molecule has 9 heteroatoms. The molecule has 2 heterocycles. The van der Waals surface area contributed by atoms with Crippen LogP contribution in [-0.2, 0) is 32.2 Å². The number of likely N-dealkylation sites (tertiary alicyclic amines) is 1. The van der Waals surface area contributed by atoms with Gasteiger partial charge in [-0.2, -0.15) is 0 Å². The number of ether oxygens (including phenoxy) is 2. The third kappa shape index (κ3) is 8.46. The molecule has 4 N–H and O–H groups in total. The molecule has 3 aliphatic rings. The summed E-state index contributed by atoms with van der Waals surface area (Å²) in [5.41, 5.74) is 6.22. The van der Waals surface area contributed by atoms with Gasteiger partial charge in [-0.15, -0.1) is 0 Å². The van der Waals surface area contributed by atoms with Crippen molar-refractivity contribution in [3.63, 3.8) is 0 Å². The summed E-state index contributed by atoms with van der Waals surface area (Å²) in [6, 6.07) is 16.6. The number of benzene rings is 2. The number of unbranched alkanes of at least 4 members (excludes halogenated alkanes) is 1. The van der Waals surface area contributed by atoms with Gasteiger partial charge in [-0.25, -0.2) is 5.48 Å². The van der Waals surface area contributed by atoms with Crippen LogP contribution in [0.15, 0.2) is 48.5 Å². The number of rotatable bonds is 12. The minimum absolute atomic E-state index is 0.0157. The number of fused-ring (bicyclic) bond motifs is 2. The molecule has 2 saturated heterocycles. The number of nitrogens with zero attached hydrogens (tertiary/aromatic N) is 1. The molecule has 5 rings (SSSR count). The van der Waals surface area contributed by atoms with E-state index in [0.29, 0.717) is 42.7 Å². The Kier molecular flexibility index (Phi) is 10.4. The summed E-state index contributed by atoms with van der Waals surface area (Å²) in [6.07, 6.45) is 5.55. The quantitative estimate of drug-likeness (QED) is 0.147. The van der Waals surface area contributed by atoms with Gasteiger partial charge in [0.05, 0.1) is 18.8 Å². The number of hydrogen-bond donors (Lipinski definition) is 4. The van der Waals surface area contributed by atoms with Gasteiger partial charge in [0.25, 0.3) is 0 Å². The van der Waals surface area contributed by atoms with E-state index in [9.17, 15) is 14.7 Å². The fourth-order valence-corrected chi connectivity index (χ4v) is 7.79. The Morgan fingerprint density at radius 2 is 1.57 bits per heavy atom. The Labute approximate surface area is 261 Å². The van der Waals surface area contributed by atoms with E-state index < -0.39 is 12.2 Å². The zero-order valence-electron chi connectivity index (χ0n) is 26.4. The Balaban J connectivity index is 1.22. The van der Waals surface area contributed by atoms with Crippen LogP contribution in [0, 0.1) is 10.8 Å². The third-order valence-electron chi connectivity index (χ3n) is 9.50. The molecule has 2 amide bonds. The zero-order valence-corrected chi connectivity index (χ0v) is 26.4. The van der Waals surface area contributed by atoms with E-state index >= 15 is 0 Å². The molecular formula is C35H49N3O6. The molecule has 2 bridgehead atoms. The molecule has 9 nitrogen and oxygen atoms in total. The Morgan fingerprint density at radius 1 is 0.909 bits per heavy atom. The van der Waals surface area contributed by atoms with Crippen molar-refractivity contribution in [2.45, 2.75) is 110 Å². The van der Waals surface area contributed by atoms with E-state index in [1.54, 1.807) is 5.48 Å². The van der Waals surface area contributed by atoms with E-state index in [1.165, 1.54) is 19.3 Å². The summed E-state index contributed by atoms with van der Waals surface area (Å²) < 4.78 is 13.2. The fraction of sp³-hybridized carbons (Fsp3) is 0.600. The Hall–Kier alpha value is -2.82. The Morgan fingerprint density at radius 3 is 2.25 bits per heavy atom. The third-order valence-corrected chi connectivity index (χ3v) is 9.50. The lowest BCUT2D eigenvalue weighted by molar-refractivity contribution is -0.253. The highest BCUT2D eigenvalue weighted by atomic mass is 16.7. The molecule has 2 unspecified atom stereocenters. The van der Waals surface area contributed by atoms with Crippen molar-refractivity contribution in [2.75, 3.05) is 13.1 Å². The maximum Gasteiger partial charge on any atom is 0.243 e. The molecule has 0 spiro atoms. The van der Waals surface area contributed by atoms with Gasteiger partial charge in [-0.1, -0.05) is 69.3 Å². The average molecular weight is 608 g/mol. The van der Waals surface area contributed by atoms with Gasteiger partial charge < -0.3 is 19.9 Å². The number of aliphatic hydroxyl groups is 1. The normalized spacial score (nSPS) is 28.0. The topological polar surface area (TPSA) is 120 Å². The summed E-state index contributed by atoms with van der Waals surface area (Å²) >= 11 is 0. The van der Waals surface area contributed by atoms with Crippen molar-refractivity contribution >= 4 is 11.8 Å². The summed E-state index contributed by atoms with van der Waals surface area (Å²) in [7, 11) is 0. The molecule has 2 aliphatic heterocycles. The number of nitrogens with one attached hydrogen (secondary N) is 2. The molecule has 2 aromatic rings. The maximum atomic E-state index is 12.2. The van der Waals surface area contributed by atoms with Crippen LogP contribution in [-0.4, -0.2) is 52.3 Å². The summed E-state index contributed by atoms with van der Waals surface area (Å²) in [5, 5.41) is 21.0. The van der Waals surface area contributed by atoms with Crippen molar-refractivity contribution in [2.24, 2.45) is 10.8 Å². The van der Waals surface area contributed by atoms with Crippen LogP contribution >= 0.6 is 0 Å². The highest BCUT2D eigenvalue weighted by Gasteiger charge is 2.50. The van der Waals surface area contributed by atoms with E-state index in [4.69, 9.17) is 14.7 Å². The molecular weight excluding hydrogens is 558 g/mol. The van der Waals surface area contributed by atoms with Gasteiger partial charge >= 0.3 is 0 Å². The van der Waals surface area contributed by atoms with Gasteiger partial charge in [0, 0.05) is 50.5 Å². The van der Waals surface area contributed by atoms with Crippen LogP contribution in [0.4, 0.5) is 0 Å². The Bertz CT molecular complexity index is 1270. The van der Waals surface area contributed by atoms with E-state index in [2.05, 4.69) is 43.1 Å². The van der Waals surface area contributed by atoms with Gasteiger partial charge in [0.2, 0.25) is 11.8 Å². The molecule has 5 atom stereocenters. The lowest BCUT2D eigenvalue weighted by Gasteiger charge is -2.41. The minimum Gasteiger partial charge on any atom is -0.392 e. The molecule has 3 fully saturated rings. The van der Waals surface area contributed by atoms with Crippen molar-refractivity contribution in [1.29, 1.82) is 0 Å². The number of amides is 2. The number of hydrogen-bond acceptors (Lipinski definition) is 7. The van der Waals surface area contributed by atoms with Crippen LogP contribution in [0.5, 0.6) is 0 Å². The fourth-order valence-electron chi connectivity index (χ4n) is 7.79. The summed E-state index contributed by atoms with van der Waals surface area (Å²) in [5.74, 6) is -0.510. The summed E-state index contributed by atoms with van der Waals surface area (Å²) in [4.78, 5) is 26.0. The predicted molar refractivity (Wildman–Crippen MR) is 166 cm³/mol. The van der Waals surface area contributed by atoms with Crippen molar-refractivity contribution in [3.8, 4) is 0 Å². The first-order valence-electron chi connectivity index (χ1n) is 16.1. The number of hydroxylamine groups is 1. The van der Waals surface area contributed by atoms with Crippen molar-refractivity contribution in [1.82, 2.24) is 15.7 Å². The van der Waals surface area contributed by atoms with Crippen LogP contribution in [0.2, 0.25) is 0 Å². The zero-order chi connectivity index (χ0) is 31.3. The van der Waals surface area contributed by atoms with Crippen LogP contribution in [0.25, 0.3) is 0 Å². The average Bonchev–Trinajstić information content (AvgIpc) is 3.25. The number of aliphatic hydroxyl groups excluding tert-OH is 1. The second-order valence-electron chi connectivity index (χ2n) is 14.3. The highest BCUT2D eigenvalue weighted by molar-refractivity contribution is 5.76. The van der Waals surface area contributed by atoms with Gasteiger partial charge in [0.15, 0.2) is 6.29 Å². The first kappa shape index (κ1) is 32.6. The van der Waals surface area contributed by atoms with E-state index in [1.807, 2.05) is 36.4 Å². The predicted octanol–water partition coefficient (Wildman–Crippen LogP) is 5.31. The second kappa shape index (κ2) is 14.1. The van der Waals surface area contributed by atoms with Crippen LogP contribution < -0.4 is 10.8 Å². The summed E-state index contributed by atoms with van der Waals surface area (Å²) in [6.45, 7) is 9.69. The van der Waals surface area contributed by atoms with Gasteiger partial charge in [0.1, 0.15) is 0 Å². The lowest BCUT2D eigenvalue weighted by Crippen LogP contribution is -2.42. The molecule has 1 saturated carbocycles. The monoisotopic (exact) mass is 607 g/mol. The molecule has 44 heavy (non-hydrogen) atoms. The number of carbonyl (C=O) groups excluding carboxylic acids is 2. The smallest absolute Gasteiger partial charge is 0.243 e. The van der Waals surface area contributed by atoms with Crippen LogP contribution in [0.3, 0.4) is 0 Å². The van der Waals surface area contributed by atoms with Crippen molar-refractivity contribution in [3.05, 3.63) is 70.8 Å². The second-order valence-corrected chi connectivity index (χ2v) is 14.3. The first-order valence-corrected chi connectivity index (χ1v) is 16.1. The standard InChI is InChI=1S/C35H49N3O6/c1-34(2)17-28-18-35(3,22-34)23-38(28)20-29-16-30(26-12-10-25(21-39)11-13-26)44-33(43-29)27-14-8-24(9-15-27)19-36-31(40)6-4-5-7-32(41)37-42/h8-15,28-30,33,39,42H,4-7,16-23H2,1-3H3,(H,36,40)(H,37,41)/t28?,29-,30+,33+,35?/m0/s1. The van der Waals surface area contributed by atoms with Crippen molar-refractivity contribution < 1.29 is 29.4 Å². The molecule has 1 aliphatic carbocycles. The van der Waals surface area contributed by atoms with Gasteiger partial charge in [-0.05, 0) is 59.6 Å². The maximum absolute atomic E-state index is 12.2. The number of carbonyl (C=O) groups is 2. The van der Waals surface area contributed by atoms with Gasteiger partial charge in [-0.3, -0.25) is 19.7 Å². The largest absolute Gasteiger partial charge is 0.392 e. The molecule has 0 aromatic heterocycles. The van der Waals surface area contributed by atoms with E-state index in [-0.39, 0.29) is 31.1 Å².